The number of carbonyl (C=O) groups is 1. The summed E-state index contributed by atoms with van der Waals surface area (Å²) < 4.78 is 34.5. The molecular formula is C19H13ClF2N4O2S. The maximum absolute atomic E-state index is 14.6. The van der Waals surface area contributed by atoms with Gasteiger partial charge in [-0.3, -0.25) is 9.69 Å². The maximum Gasteiger partial charge on any atom is 0.247 e. The quantitative estimate of drug-likeness (QED) is 0.547. The fourth-order valence-electron chi connectivity index (χ4n) is 3.07. The van der Waals surface area contributed by atoms with E-state index in [1.54, 1.807) is 24.5 Å². The zero-order valence-electron chi connectivity index (χ0n) is 15.2. The van der Waals surface area contributed by atoms with Crippen molar-refractivity contribution < 1.29 is 18.3 Å². The van der Waals surface area contributed by atoms with Crippen molar-refractivity contribution in [2.45, 2.75) is 18.3 Å². The lowest BCUT2D eigenvalue weighted by Gasteiger charge is -2.30. The van der Waals surface area contributed by atoms with Crippen molar-refractivity contribution in [3.63, 3.8) is 0 Å². The Morgan fingerprint density at radius 3 is 2.72 bits per heavy atom. The molecule has 0 fully saturated rings. The highest BCUT2D eigenvalue weighted by molar-refractivity contribution is 7.98. The number of thioether (sulfide) groups is 1. The predicted molar refractivity (Wildman–Crippen MR) is 105 cm³/mol. The van der Waals surface area contributed by atoms with Crippen LogP contribution in [-0.2, 0) is 4.79 Å². The van der Waals surface area contributed by atoms with Crippen LogP contribution in [0.25, 0.3) is 11.3 Å². The van der Waals surface area contributed by atoms with E-state index in [1.165, 1.54) is 23.6 Å². The molecule has 3 aromatic rings. The fourth-order valence-corrected chi connectivity index (χ4v) is 3.54. The third-order valence-electron chi connectivity index (χ3n) is 4.31. The lowest BCUT2D eigenvalue weighted by atomic mass is 10.1. The summed E-state index contributed by atoms with van der Waals surface area (Å²) in [4.78, 5) is 18.1. The third kappa shape index (κ3) is 3.51. The van der Waals surface area contributed by atoms with Crippen LogP contribution in [0.3, 0.4) is 0 Å². The molecule has 1 amide bonds. The van der Waals surface area contributed by atoms with Crippen molar-refractivity contribution in [1.29, 1.82) is 0 Å². The normalized spacial score (nSPS) is 15.2. The highest BCUT2D eigenvalue weighted by Gasteiger charge is 2.36. The lowest BCUT2D eigenvalue weighted by molar-refractivity contribution is -0.118. The second-order valence-electron chi connectivity index (χ2n) is 6.14. The molecule has 0 spiro atoms. The van der Waals surface area contributed by atoms with Crippen LogP contribution in [0, 0.1) is 11.6 Å². The second-order valence-corrected chi connectivity index (χ2v) is 7.35. The van der Waals surface area contributed by atoms with E-state index in [2.05, 4.69) is 15.2 Å². The molecule has 1 aromatic heterocycles. The molecule has 0 radical (unpaired) electrons. The Kier molecular flexibility index (Phi) is 5.10. The van der Waals surface area contributed by atoms with E-state index >= 15 is 0 Å². The number of fused-ring (bicyclic) bond motifs is 3. The van der Waals surface area contributed by atoms with Crippen molar-refractivity contribution in [2.75, 3.05) is 11.2 Å². The number of carbonyl (C=O) groups excluding carboxylic acids is 1. The average molecular weight is 435 g/mol. The van der Waals surface area contributed by atoms with Gasteiger partial charge in [0.1, 0.15) is 11.6 Å². The topological polar surface area (TPSA) is 68.2 Å². The van der Waals surface area contributed by atoms with Gasteiger partial charge in [-0.05, 0) is 42.7 Å². The molecule has 2 aromatic carbocycles. The van der Waals surface area contributed by atoms with Gasteiger partial charge in [-0.25, -0.2) is 8.78 Å². The van der Waals surface area contributed by atoms with E-state index in [0.717, 1.165) is 18.2 Å². The van der Waals surface area contributed by atoms with Gasteiger partial charge in [0, 0.05) is 17.5 Å². The van der Waals surface area contributed by atoms with E-state index < -0.39 is 23.8 Å². The van der Waals surface area contributed by atoms with Crippen LogP contribution in [0.1, 0.15) is 18.7 Å². The zero-order valence-corrected chi connectivity index (χ0v) is 16.8. The number of aromatic nitrogens is 3. The summed E-state index contributed by atoms with van der Waals surface area (Å²) in [5, 5.41) is 8.91. The van der Waals surface area contributed by atoms with Gasteiger partial charge in [0.25, 0.3) is 0 Å². The van der Waals surface area contributed by atoms with Crippen LogP contribution in [-0.4, -0.2) is 27.3 Å². The smallest absolute Gasteiger partial charge is 0.247 e. The van der Waals surface area contributed by atoms with Crippen LogP contribution < -0.4 is 9.64 Å². The first-order valence-corrected chi connectivity index (χ1v) is 9.99. The Morgan fingerprint density at radius 1 is 1.21 bits per heavy atom. The highest BCUT2D eigenvalue weighted by atomic mass is 35.5. The van der Waals surface area contributed by atoms with Crippen molar-refractivity contribution in [3.8, 4) is 17.1 Å². The molecule has 148 valence electrons. The van der Waals surface area contributed by atoms with E-state index in [4.69, 9.17) is 16.3 Å². The summed E-state index contributed by atoms with van der Waals surface area (Å²) in [5.74, 6) is -1.81. The van der Waals surface area contributed by atoms with Gasteiger partial charge < -0.3 is 4.74 Å². The number of halogens is 3. The summed E-state index contributed by atoms with van der Waals surface area (Å²) >= 11 is 7.39. The molecule has 0 saturated heterocycles. The van der Waals surface area contributed by atoms with Gasteiger partial charge in [0.05, 0.1) is 11.3 Å². The molecule has 1 aliphatic rings. The highest BCUT2D eigenvalue weighted by Crippen LogP contribution is 2.44. The molecule has 1 aliphatic heterocycles. The van der Waals surface area contributed by atoms with Crippen LogP contribution in [0.5, 0.6) is 5.88 Å². The minimum atomic E-state index is -1.31. The molecule has 2 heterocycles. The van der Waals surface area contributed by atoms with Crippen molar-refractivity contribution in [2.24, 2.45) is 0 Å². The zero-order chi connectivity index (χ0) is 20.7. The minimum absolute atomic E-state index is 0.0327. The largest absolute Gasteiger partial charge is 0.447 e. The van der Waals surface area contributed by atoms with Gasteiger partial charge in [-0.1, -0.05) is 23.4 Å². The standard InChI is InChI=1S/C19H13ClF2N4O2S/c1-9(27)26-15-6-3-10(20)7-13(15)16-17(23-19(29-2)25-24-16)28-18(26)12-8-11(21)4-5-14(12)22/h3-8,18H,1-2H3/t18-/m1/s1. The van der Waals surface area contributed by atoms with Gasteiger partial charge in [0.2, 0.25) is 23.2 Å². The SMILES string of the molecule is CSc1nnc2c(n1)O[C@H](c1cc(F)ccc1F)N(C(C)=O)c1ccc(Cl)cc1-2. The number of ether oxygens (including phenoxy) is 1. The van der Waals surface area contributed by atoms with Crippen LogP contribution in [0.2, 0.25) is 5.02 Å². The molecule has 1 atom stereocenters. The molecule has 0 bridgehead atoms. The minimum Gasteiger partial charge on any atom is -0.447 e. The van der Waals surface area contributed by atoms with Crippen molar-refractivity contribution in [1.82, 2.24) is 15.2 Å². The number of anilines is 1. The first-order chi connectivity index (χ1) is 13.9. The van der Waals surface area contributed by atoms with Gasteiger partial charge >= 0.3 is 0 Å². The molecule has 0 aliphatic carbocycles. The first-order valence-electron chi connectivity index (χ1n) is 8.39. The van der Waals surface area contributed by atoms with Crippen LogP contribution >= 0.6 is 23.4 Å². The number of rotatable bonds is 2. The van der Waals surface area contributed by atoms with E-state index in [9.17, 15) is 13.6 Å². The summed E-state index contributed by atoms with van der Waals surface area (Å²) in [6.07, 6.45) is 0.451. The van der Waals surface area contributed by atoms with Crippen LogP contribution in [0.15, 0.2) is 41.6 Å². The van der Waals surface area contributed by atoms with E-state index in [0.29, 0.717) is 21.4 Å². The van der Waals surface area contributed by atoms with Crippen molar-refractivity contribution >= 4 is 35.0 Å². The number of nitrogens with zero attached hydrogens (tertiary/aromatic N) is 4. The second kappa shape index (κ2) is 7.57. The molecule has 4 rings (SSSR count). The summed E-state index contributed by atoms with van der Waals surface area (Å²) in [6.45, 7) is 1.30. The van der Waals surface area contributed by atoms with Gasteiger partial charge in [-0.15, -0.1) is 10.2 Å². The van der Waals surface area contributed by atoms with E-state index in [1.807, 2.05) is 0 Å². The average Bonchev–Trinajstić information content (AvgIpc) is 2.83. The molecule has 6 nitrogen and oxygen atoms in total. The van der Waals surface area contributed by atoms with Gasteiger partial charge in [-0.2, -0.15) is 4.98 Å². The monoisotopic (exact) mass is 434 g/mol. The maximum atomic E-state index is 14.6. The third-order valence-corrected chi connectivity index (χ3v) is 5.09. The number of hydrogen-bond donors (Lipinski definition) is 0. The Bertz CT molecular complexity index is 1130. The fraction of sp³-hybridized carbons (Fsp3) is 0.158. The summed E-state index contributed by atoms with van der Waals surface area (Å²) in [6, 6.07) is 7.72. The Hall–Kier alpha value is -2.78. The number of amides is 1. The Labute approximate surface area is 173 Å². The molecular weight excluding hydrogens is 422 g/mol. The summed E-state index contributed by atoms with van der Waals surface area (Å²) in [7, 11) is 0. The first kappa shape index (κ1) is 19.5. The van der Waals surface area contributed by atoms with E-state index in [-0.39, 0.29) is 17.1 Å². The molecule has 10 heteroatoms. The molecule has 0 unspecified atom stereocenters. The Morgan fingerprint density at radius 2 is 2.00 bits per heavy atom. The summed E-state index contributed by atoms with van der Waals surface area (Å²) in [5.41, 5.74) is 0.890. The Balaban J connectivity index is 2.03. The molecule has 0 N–H and O–H groups in total. The molecule has 29 heavy (non-hydrogen) atoms. The van der Waals surface area contributed by atoms with Crippen LogP contribution in [0.4, 0.5) is 14.5 Å². The number of benzene rings is 2. The molecule has 0 saturated carbocycles. The van der Waals surface area contributed by atoms with Crippen molar-refractivity contribution in [3.05, 3.63) is 58.6 Å². The van der Waals surface area contributed by atoms with Gasteiger partial charge in [0.15, 0.2) is 5.69 Å². The lowest BCUT2D eigenvalue weighted by Crippen LogP contribution is -2.36. The predicted octanol–water partition coefficient (Wildman–Crippen LogP) is 4.64. The number of hydrogen-bond acceptors (Lipinski definition) is 6.